The molecule has 0 saturated carbocycles. The highest BCUT2D eigenvalue weighted by Crippen LogP contribution is 2.28. The maximum Gasteiger partial charge on any atom is 0.243 e. The van der Waals surface area contributed by atoms with E-state index >= 15 is 0 Å². The lowest BCUT2D eigenvalue weighted by Crippen LogP contribution is -2.35. The zero-order valence-corrected chi connectivity index (χ0v) is 16.4. The Kier molecular flexibility index (Phi) is 5.82. The van der Waals surface area contributed by atoms with Crippen LogP contribution in [0, 0.1) is 11.3 Å². The van der Waals surface area contributed by atoms with Crippen LogP contribution in [0.15, 0.2) is 33.6 Å². The number of benzene rings is 1. The van der Waals surface area contributed by atoms with Crippen LogP contribution in [0.1, 0.15) is 45.2 Å². The lowest BCUT2D eigenvalue weighted by atomic mass is 10.2. The van der Waals surface area contributed by atoms with E-state index in [2.05, 4.69) is 10.3 Å². The minimum atomic E-state index is -3.47. The molecule has 1 saturated heterocycles. The van der Waals surface area contributed by atoms with Crippen LogP contribution in [0.2, 0.25) is 0 Å². The molecule has 0 aliphatic carbocycles. The van der Waals surface area contributed by atoms with Gasteiger partial charge in [0.05, 0.1) is 4.90 Å². The number of hydrogen-bond acceptors (Lipinski definition) is 6. The maximum atomic E-state index is 12.7. The van der Waals surface area contributed by atoms with E-state index in [1.54, 1.807) is 28.6 Å². The number of nitrogens with one attached hydrogen (secondary N) is 1. The van der Waals surface area contributed by atoms with E-state index in [1.807, 2.05) is 19.9 Å². The molecule has 0 radical (unpaired) electrons. The minimum Gasteiger partial charge on any atom is -0.419 e. The monoisotopic (exact) mass is 388 g/mol. The van der Waals surface area contributed by atoms with Crippen LogP contribution < -0.4 is 5.32 Å². The van der Waals surface area contributed by atoms with Crippen LogP contribution in [0.3, 0.4) is 0 Å². The number of sulfonamides is 1. The molecule has 1 fully saturated rings. The predicted molar refractivity (Wildman–Crippen MR) is 103 cm³/mol. The van der Waals surface area contributed by atoms with E-state index in [1.165, 1.54) is 0 Å². The molecule has 8 heteroatoms. The predicted octanol–water partition coefficient (Wildman–Crippen LogP) is 3.60. The van der Waals surface area contributed by atoms with Crippen molar-refractivity contribution in [1.29, 1.82) is 5.26 Å². The van der Waals surface area contributed by atoms with E-state index < -0.39 is 10.0 Å². The van der Waals surface area contributed by atoms with Gasteiger partial charge in [-0.3, -0.25) is 0 Å². The smallest absolute Gasteiger partial charge is 0.243 e. The third kappa shape index (κ3) is 4.15. The lowest BCUT2D eigenvalue weighted by molar-refractivity contribution is 0.346. The standard InChI is InChI=1S/C19H24N4O3S/c1-3-14(2)21-19-17(13-20)22-18(26-19)15-7-9-16(10-8-15)27(24,25)23-11-5-4-6-12-23/h7-10,14,21H,3-6,11-12H2,1-2H3/t14-/m1/s1. The second kappa shape index (κ2) is 8.11. The molecule has 0 spiro atoms. The van der Waals surface area contributed by atoms with Gasteiger partial charge in [0.2, 0.25) is 27.5 Å². The van der Waals surface area contributed by atoms with Crippen LogP contribution in [-0.2, 0) is 10.0 Å². The normalized spacial score (nSPS) is 16.6. The number of nitrogens with zero attached hydrogens (tertiary/aromatic N) is 3. The van der Waals surface area contributed by atoms with Crippen molar-refractivity contribution < 1.29 is 12.8 Å². The van der Waals surface area contributed by atoms with Crippen LogP contribution >= 0.6 is 0 Å². The quantitative estimate of drug-likeness (QED) is 0.812. The Morgan fingerprint density at radius 3 is 2.52 bits per heavy atom. The molecule has 1 N–H and O–H groups in total. The number of anilines is 1. The summed E-state index contributed by atoms with van der Waals surface area (Å²) in [6, 6.07) is 8.63. The SMILES string of the molecule is CC[C@@H](C)Nc1oc(-c2ccc(S(=O)(=O)N3CCCCC3)cc2)nc1C#N. The Morgan fingerprint density at radius 2 is 1.93 bits per heavy atom. The van der Waals surface area contributed by atoms with Crippen molar-refractivity contribution in [2.45, 2.75) is 50.5 Å². The highest BCUT2D eigenvalue weighted by molar-refractivity contribution is 7.89. The first kappa shape index (κ1) is 19.4. The molecule has 1 atom stereocenters. The molecule has 144 valence electrons. The van der Waals surface area contributed by atoms with Gasteiger partial charge < -0.3 is 9.73 Å². The van der Waals surface area contributed by atoms with Crippen LogP contribution in [0.5, 0.6) is 0 Å². The highest BCUT2D eigenvalue weighted by atomic mass is 32.2. The van der Waals surface area contributed by atoms with Crippen molar-refractivity contribution >= 4 is 15.9 Å². The third-order valence-electron chi connectivity index (χ3n) is 4.78. The number of piperidine rings is 1. The molecular weight excluding hydrogens is 364 g/mol. The number of oxazole rings is 1. The lowest BCUT2D eigenvalue weighted by Gasteiger charge is -2.25. The maximum absolute atomic E-state index is 12.7. The average Bonchev–Trinajstić information content (AvgIpc) is 3.11. The molecule has 0 amide bonds. The summed E-state index contributed by atoms with van der Waals surface area (Å²) in [7, 11) is -3.47. The fraction of sp³-hybridized carbons (Fsp3) is 0.474. The Hall–Kier alpha value is -2.37. The van der Waals surface area contributed by atoms with E-state index in [4.69, 9.17) is 4.42 Å². The molecule has 3 rings (SSSR count). The molecule has 0 bridgehead atoms. The van der Waals surface area contributed by atoms with Gasteiger partial charge in [0, 0.05) is 24.7 Å². The van der Waals surface area contributed by atoms with Crippen molar-refractivity contribution in [2.24, 2.45) is 0 Å². The Morgan fingerprint density at radius 1 is 1.26 bits per heavy atom. The Labute approximate surface area is 160 Å². The van der Waals surface area contributed by atoms with Gasteiger partial charge in [0.1, 0.15) is 6.07 Å². The van der Waals surface area contributed by atoms with Gasteiger partial charge in [0.15, 0.2) is 0 Å². The second-order valence-corrected chi connectivity index (χ2v) is 8.69. The number of hydrogen-bond donors (Lipinski definition) is 1. The van der Waals surface area contributed by atoms with Crippen molar-refractivity contribution in [2.75, 3.05) is 18.4 Å². The molecule has 1 aromatic carbocycles. The Bertz CT molecular complexity index is 923. The molecule has 1 aliphatic heterocycles. The van der Waals surface area contributed by atoms with Crippen molar-refractivity contribution in [3.05, 3.63) is 30.0 Å². The summed E-state index contributed by atoms with van der Waals surface area (Å²) in [5.41, 5.74) is 0.816. The molecule has 1 aromatic heterocycles. The fourth-order valence-electron chi connectivity index (χ4n) is 2.97. The van der Waals surface area contributed by atoms with E-state index in [9.17, 15) is 13.7 Å². The number of nitriles is 1. The van der Waals surface area contributed by atoms with E-state index in [-0.39, 0.29) is 16.6 Å². The molecular formula is C19H24N4O3S. The molecule has 2 aromatic rings. The fourth-order valence-corrected chi connectivity index (χ4v) is 4.48. The zero-order valence-electron chi connectivity index (χ0n) is 15.6. The summed E-state index contributed by atoms with van der Waals surface area (Å²) >= 11 is 0. The third-order valence-corrected chi connectivity index (χ3v) is 6.69. The van der Waals surface area contributed by atoms with Crippen molar-refractivity contribution in [3.8, 4) is 17.5 Å². The first-order valence-corrected chi connectivity index (χ1v) is 10.7. The molecule has 0 unspecified atom stereocenters. The van der Waals surface area contributed by atoms with Gasteiger partial charge in [-0.15, -0.1) is 0 Å². The second-order valence-electron chi connectivity index (χ2n) is 6.75. The van der Waals surface area contributed by atoms with Gasteiger partial charge in [-0.05, 0) is 50.5 Å². The van der Waals surface area contributed by atoms with Crippen LogP contribution in [0.25, 0.3) is 11.5 Å². The summed E-state index contributed by atoms with van der Waals surface area (Å²) in [6.07, 6.45) is 3.75. The molecule has 27 heavy (non-hydrogen) atoms. The average molecular weight is 388 g/mol. The van der Waals surface area contributed by atoms with E-state index in [0.29, 0.717) is 30.4 Å². The summed E-state index contributed by atoms with van der Waals surface area (Å²) < 4.78 is 32.7. The van der Waals surface area contributed by atoms with E-state index in [0.717, 1.165) is 25.7 Å². The molecule has 7 nitrogen and oxygen atoms in total. The molecule has 2 heterocycles. The first-order chi connectivity index (χ1) is 13.0. The summed E-state index contributed by atoms with van der Waals surface area (Å²) in [6.45, 7) is 5.16. The largest absolute Gasteiger partial charge is 0.419 e. The summed E-state index contributed by atoms with van der Waals surface area (Å²) in [4.78, 5) is 4.48. The van der Waals surface area contributed by atoms with Gasteiger partial charge in [-0.1, -0.05) is 13.3 Å². The van der Waals surface area contributed by atoms with Gasteiger partial charge in [-0.2, -0.15) is 14.6 Å². The van der Waals surface area contributed by atoms with Gasteiger partial charge in [0.25, 0.3) is 0 Å². The van der Waals surface area contributed by atoms with Gasteiger partial charge in [-0.25, -0.2) is 8.42 Å². The number of rotatable bonds is 6. The minimum absolute atomic E-state index is 0.148. The Balaban J connectivity index is 1.84. The highest BCUT2D eigenvalue weighted by Gasteiger charge is 2.26. The van der Waals surface area contributed by atoms with Crippen molar-refractivity contribution in [1.82, 2.24) is 9.29 Å². The van der Waals surface area contributed by atoms with Crippen LogP contribution in [0.4, 0.5) is 5.88 Å². The zero-order chi connectivity index (χ0) is 19.4. The van der Waals surface area contributed by atoms with Gasteiger partial charge >= 0.3 is 0 Å². The summed E-state index contributed by atoms with van der Waals surface area (Å²) in [5.74, 6) is 0.631. The van der Waals surface area contributed by atoms with Crippen molar-refractivity contribution in [3.63, 3.8) is 0 Å². The molecule has 1 aliphatic rings. The summed E-state index contributed by atoms with van der Waals surface area (Å²) in [5, 5.41) is 12.4. The topological polar surface area (TPSA) is 99.2 Å². The van der Waals surface area contributed by atoms with Crippen LogP contribution in [-0.4, -0.2) is 36.8 Å². The number of aromatic nitrogens is 1. The first-order valence-electron chi connectivity index (χ1n) is 9.23.